The third-order valence-corrected chi connectivity index (χ3v) is 4.03. The quantitative estimate of drug-likeness (QED) is 0.614. The fourth-order valence-electron chi connectivity index (χ4n) is 2.10. The van der Waals surface area contributed by atoms with E-state index in [1.807, 2.05) is 26.8 Å². The summed E-state index contributed by atoms with van der Waals surface area (Å²) in [7, 11) is 1.78. The number of phenolic OH excluding ortho intramolecular Hbond substituents is 1. The van der Waals surface area contributed by atoms with Gasteiger partial charge in [-0.1, -0.05) is 13.8 Å². The number of halogens is 1. The van der Waals surface area contributed by atoms with Gasteiger partial charge in [0.2, 0.25) is 0 Å². The minimum absolute atomic E-state index is 0.177. The number of anilines is 1. The molecule has 2 N–H and O–H groups in total. The van der Waals surface area contributed by atoms with Gasteiger partial charge < -0.3 is 10.4 Å². The lowest BCUT2D eigenvalue weighted by atomic mass is 9.99. The predicted molar refractivity (Wildman–Crippen MR) is 90.8 cm³/mol. The van der Waals surface area contributed by atoms with E-state index in [2.05, 4.69) is 33.0 Å². The molecule has 0 saturated carbocycles. The van der Waals surface area contributed by atoms with Crippen LogP contribution >= 0.6 is 22.6 Å². The van der Waals surface area contributed by atoms with Crippen molar-refractivity contribution in [3.63, 3.8) is 0 Å². The molecule has 0 spiro atoms. The van der Waals surface area contributed by atoms with Gasteiger partial charge in [-0.3, -0.25) is 9.48 Å². The molecule has 0 fully saturated rings. The van der Waals surface area contributed by atoms with Gasteiger partial charge in [0.25, 0.3) is 5.91 Å². The molecule has 0 saturated heterocycles. The Balaban J connectivity index is 2.33. The summed E-state index contributed by atoms with van der Waals surface area (Å²) < 4.78 is 2.41. The van der Waals surface area contributed by atoms with Crippen LogP contribution < -0.4 is 5.32 Å². The van der Waals surface area contributed by atoms with Gasteiger partial charge in [-0.05, 0) is 58.7 Å². The first-order valence-corrected chi connectivity index (χ1v) is 7.71. The molecule has 2 rings (SSSR count). The van der Waals surface area contributed by atoms with Crippen LogP contribution in [0.1, 0.15) is 41.4 Å². The molecule has 1 heterocycles. The summed E-state index contributed by atoms with van der Waals surface area (Å²) >= 11 is 2.09. The number of benzene rings is 1. The monoisotopic (exact) mass is 399 g/mol. The maximum atomic E-state index is 12.3. The topological polar surface area (TPSA) is 67.2 Å². The van der Waals surface area contributed by atoms with E-state index < -0.39 is 0 Å². The largest absolute Gasteiger partial charge is 0.508 e. The van der Waals surface area contributed by atoms with Gasteiger partial charge in [0.15, 0.2) is 5.69 Å². The van der Waals surface area contributed by atoms with E-state index in [-0.39, 0.29) is 17.6 Å². The SMILES string of the molecule is Cc1cc(O)c(C(C)C)cc1NC(=O)c1nn(C)cc1I. The number of aromatic hydroxyl groups is 1. The second-order valence-electron chi connectivity index (χ2n) is 5.33. The summed E-state index contributed by atoms with van der Waals surface area (Å²) in [4.78, 5) is 12.3. The molecule has 0 aliphatic carbocycles. The lowest BCUT2D eigenvalue weighted by Gasteiger charge is -2.14. The number of rotatable bonds is 3. The average Bonchev–Trinajstić information content (AvgIpc) is 2.71. The summed E-state index contributed by atoms with van der Waals surface area (Å²) in [5.41, 5.74) is 2.72. The third kappa shape index (κ3) is 3.37. The van der Waals surface area contributed by atoms with Crippen molar-refractivity contribution < 1.29 is 9.90 Å². The zero-order chi connectivity index (χ0) is 15.7. The highest BCUT2D eigenvalue weighted by Gasteiger charge is 2.17. The molecule has 112 valence electrons. The van der Waals surface area contributed by atoms with Crippen molar-refractivity contribution in [3.8, 4) is 5.75 Å². The smallest absolute Gasteiger partial charge is 0.277 e. The maximum Gasteiger partial charge on any atom is 0.277 e. The predicted octanol–water partition coefficient (Wildman–Crippen LogP) is 3.41. The van der Waals surface area contributed by atoms with Crippen molar-refractivity contribution in [3.05, 3.63) is 38.7 Å². The first-order valence-electron chi connectivity index (χ1n) is 6.63. The van der Waals surface area contributed by atoms with E-state index in [1.165, 1.54) is 0 Å². The van der Waals surface area contributed by atoms with Gasteiger partial charge in [-0.15, -0.1) is 0 Å². The Morgan fingerprint density at radius 1 is 1.43 bits per heavy atom. The molecule has 0 aliphatic rings. The molecular formula is C15H18IN3O2. The first-order chi connectivity index (χ1) is 9.79. The van der Waals surface area contributed by atoms with Crippen molar-refractivity contribution in [2.75, 3.05) is 5.32 Å². The van der Waals surface area contributed by atoms with Gasteiger partial charge in [-0.25, -0.2) is 0 Å². The number of phenols is 1. The summed E-state index contributed by atoms with van der Waals surface area (Å²) in [5.74, 6) is 0.188. The van der Waals surface area contributed by atoms with E-state index >= 15 is 0 Å². The Morgan fingerprint density at radius 2 is 2.10 bits per heavy atom. The fourth-order valence-corrected chi connectivity index (χ4v) is 2.86. The number of nitrogens with zero attached hydrogens (tertiary/aromatic N) is 2. The number of hydrogen-bond donors (Lipinski definition) is 2. The molecule has 1 aromatic carbocycles. The number of aryl methyl sites for hydroxylation is 2. The normalized spacial score (nSPS) is 11.0. The lowest BCUT2D eigenvalue weighted by molar-refractivity contribution is 0.102. The van der Waals surface area contributed by atoms with Gasteiger partial charge in [0, 0.05) is 18.9 Å². The maximum absolute atomic E-state index is 12.3. The molecule has 21 heavy (non-hydrogen) atoms. The minimum Gasteiger partial charge on any atom is -0.508 e. The Labute approximate surface area is 137 Å². The number of nitrogens with one attached hydrogen (secondary N) is 1. The summed E-state index contributed by atoms with van der Waals surface area (Å²) in [6.07, 6.45) is 1.79. The van der Waals surface area contributed by atoms with Crippen LogP contribution in [-0.4, -0.2) is 20.8 Å². The number of carbonyl (C=O) groups excluding carboxylic acids is 1. The Bertz CT molecular complexity index is 692. The molecule has 0 unspecified atom stereocenters. The number of hydrogen-bond acceptors (Lipinski definition) is 3. The van der Waals surface area contributed by atoms with Crippen LogP contribution in [0.2, 0.25) is 0 Å². The molecule has 1 aromatic heterocycles. The van der Waals surface area contributed by atoms with E-state index in [4.69, 9.17) is 0 Å². The van der Waals surface area contributed by atoms with Crippen LogP contribution in [0.3, 0.4) is 0 Å². The van der Waals surface area contributed by atoms with Crippen LogP contribution in [0.4, 0.5) is 5.69 Å². The molecular weight excluding hydrogens is 381 g/mol. The van der Waals surface area contributed by atoms with Crippen LogP contribution in [0.5, 0.6) is 5.75 Å². The van der Waals surface area contributed by atoms with E-state index in [0.29, 0.717) is 11.4 Å². The number of aromatic nitrogens is 2. The Kier molecular flexibility index (Phi) is 4.55. The standard InChI is InChI=1S/C15H18IN3O2/c1-8(2)10-6-12(9(3)5-13(10)20)17-15(21)14-11(16)7-19(4)18-14/h5-8,20H,1-4H3,(H,17,21). The first kappa shape index (κ1) is 15.8. The average molecular weight is 399 g/mol. The van der Waals surface area contributed by atoms with Crippen LogP contribution in [0.25, 0.3) is 0 Å². The molecule has 1 amide bonds. The summed E-state index contributed by atoms with van der Waals surface area (Å²) in [6.45, 7) is 5.85. The molecule has 0 aliphatic heterocycles. The van der Waals surface area contributed by atoms with Crippen LogP contribution in [-0.2, 0) is 7.05 Å². The van der Waals surface area contributed by atoms with E-state index in [0.717, 1.165) is 14.7 Å². The van der Waals surface area contributed by atoms with Gasteiger partial charge in [0.1, 0.15) is 5.75 Å². The summed E-state index contributed by atoms with van der Waals surface area (Å²) in [6, 6.07) is 3.50. The molecule has 0 bridgehead atoms. The zero-order valence-corrected chi connectivity index (χ0v) is 14.6. The minimum atomic E-state index is -0.247. The van der Waals surface area contributed by atoms with Crippen LogP contribution in [0.15, 0.2) is 18.3 Å². The second kappa shape index (κ2) is 6.05. The van der Waals surface area contributed by atoms with Crippen molar-refractivity contribution in [2.24, 2.45) is 7.05 Å². The van der Waals surface area contributed by atoms with Gasteiger partial charge in [0.05, 0.1) is 3.57 Å². The molecule has 0 atom stereocenters. The second-order valence-corrected chi connectivity index (χ2v) is 6.50. The Hall–Kier alpha value is -1.57. The van der Waals surface area contributed by atoms with Gasteiger partial charge in [-0.2, -0.15) is 5.10 Å². The number of amides is 1. The van der Waals surface area contributed by atoms with Crippen molar-refractivity contribution in [1.82, 2.24) is 9.78 Å². The fraction of sp³-hybridized carbons (Fsp3) is 0.333. The van der Waals surface area contributed by atoms with Crippen molar-refractivity contribution in [1.29, 1.82) is 0 Å². The lowest BCUT2D eigenvalue weighted by Crippen LogP contribution is -2.15. The highest BCUT2D eigenvalue weighted by molar-refractivity contribution is 14.1. The highest BCUT2D eigenvalue weighted by atomic mass is 127. The third-order valence-electron chi connectivity index (χ3n) is 3.24. The molecule has 5 nitrogen and oxygen atoms in total. The Morgan fingerprint density at radius 3 is 2.62 bits per heavy atom. The van der Waals surface area contributed by atoms with Gasteiger partial charge >= 0.3 is 0 Å². The molecule has 2 aromatic rings. The van der Waals surface area contributed by atoms with E-state index in [9.17, 15) is 9.90 Å². The highest BCUT2D eigenvalue weighted by Crippen LogP contribution is 2.31. The molecule has 6 heteroatoms. The number of carbonyl (C=O) groups is 1. The van der Waals surface area contributed by atoms with Crippen molar-refractivity contribution >= 4 is 34.2 Å². The van der Waals surface area contributed by atoms with E-state index in [1.54, 1.807) is 24.0 Å². The van der Waals surface area contributed by atoms with Crippen LogP contribution in [0, 0.1) is 10.5 Å². The van der Waals surface area contributed by atoms with Crippen molar-refractivity contribution in [2.45, 2.75) is 26.7 Å². The summed E-state index contributed by atoms with van der Waals surface area (Å²) in [5, 5.41) is 17.0. The zero-order valence-electron chi connectivity index (χ0n) is 12.4. The molecule has 0 radical (unpaired) electrons.